The lowest BCUT2D eigenvalue weighted by Crippen LogP contribution is -2.45. The lowest BCUT2D eigenvalue weighted by molar-refractivity contribution is -0.136. The van der Waals surface area contributed by atoms with Crippen molar-refractivity contribution in [3.05, 3.63) is 84.1 Å². The summed E-state index contributed by atoms with van der Waals surface area (Å²) in [4.78, 5) is 26.7. The number of carbonyl (C=O) groups excluding carboxylic acids is 2. The van der Waals surface area contributed by atoms with Crippen molar-refractivity contribution in [2.45, 2.75) is 32.4 Å². The van der Waals surface area contributed by atoms with Crippen molar-refractivity contribution >= 4 is 18.9 Å². The zero-order valence-corrected chi connectivity index (χ0v) is 15.2. The summed E-state index contributed by atoms with van der Waals surface area (Å²) in [6.07, 6.45) is 1.40. The number of allylic oxidation sites excluding steroid dienone is 1. The van der Waals surface area contributed by atoms with E-state index < -0.39 is 13.1 Å². The third-order valence-corrected chi connectivity index (χ3v) is 4.29. The molecule has 27 heavy (non-hydrogen) atoms. The predicted molar refractivity (Wildman–Crippen MR) is 103 cm³/mol. The lowest BCUT2D eigenvalue weighted by atomic mass is 9.85. The Bertz CT molecular complexity index is 735. The van der Waals surface area contributed by atoms with Gasteiger partial charge in [0.2, 0.25) is 0 Å². The van der Waals surface area contributed by atoms with E-state index in [9.17, 15) is 9.59 Å². The lowest BCUT2D eigenvalue weighted by Gasteiger charge is -2.26. The summed E-state index contributed by atoms with van der Waals surface area (Å²) in [7, 11) is -1.29. The van der Waals surface area contributed by atoms with Crippen molar-refractivity contribution in [2.75, 3.05) is 0 Å². The number of hydrogen-bond acceptors (Lipinski definition) is 4. The molecule has 138 valence electrons. The van der Waals surface area contributed by atoms with Crippen LogP contribution in [0.15, 0.2) is 73.0 Å². The molecule has 1 saturated heterocycles. The van der Waals surface area contributed by atoms with Crippen LogP contribution in [0, 0.1) is 0 Å². The molecule has 1 aliphatic heterocycles. The molecule has 0 atom stereocenters. The number of hydrogen-bond donors (Lipinski definition) is 0. The van der Waals surface area contributed by atoms with Gasteiger partial charge in [-0.25, -0.2) is 0 Å². The first-order valence-corrected chi connectivity index (χ1v) is 9.02. The Balaban J connectivity index is 1.82. The number of carbonyl (C=O) groups is 2. The van der Waals surface area contributed by atoms with E-state index in [0.717, 1.165) is 11.1 Å². The SMILES string of the molecule is C=C1CCCC(=O)OB(C(=O)N(Cc2ccccc2)Cc2ccccc2)O1. The highest BCUT2D eigenvalue weighted by Gasteiger charge is 2.40. The van der Waals surface area contributed by atoms with Crippen LogP contribution >= 0.6 is 0 Å². The van der Waals surface area contributed by atoms with E-state index in [-0.39, 0.29) is 12.2 Å². The molecule has 1 heterocycles. The van der Waals surface area contributed by atoms with Gasteiger partial charge in [-0.3, -0.25) is 9.59 Å². The van der Waals surface area contributed by atoms with E-state index in [0.29, 0.717) is 31.7 Å². The minimum absolute atomic E-state index is 0.254. The number of rotatable bonds is 5. The maximum absolute atomic E-state index is 13.1. The van der Waals surface area contributed by atoms with E-state index in [4.69, 9.17) is 9.31 Å². The van der Waals surface area contributed by atoms with Crippen molar-refractivity contribution < 1.29 is 18.9 Å². The van der Waals surface area contributed by atoms with Gasteiger partial charge in [0.25, 0.3) is 11.8 Å². The summed E-state index contributed by atoms with van der Waals surface area (Å²) >= 11 is 0. The molecule has 2 aromatic rings. The monoisotopic (exact) mass is 363 g/mol. The van der Waals surface area contributed by atoms with Gasteiger partial charge in [-0.15, -0.1) is 0 Å². The summed E-state index contributed by atoms with van der Waals surface area (Å²) < 4.78 is 10.8. The van der Waals surface area contributed by atoms with Gasteiger partial charge < -0.3 is 14.2 Å². The van der Waals surface area contributed by atoms with Gasteiger partial charge in [-0.1, -0.05) is 67.2 Å². The standard InChI is InChI=1S/C21H22BNO4/c1-17-9-8-14-20(24)27-22(26-17)21(25)23(15-18-10-4-2-5-11-18)16-19-12-6-3-7-13-19/h2-7,10-13H,1,8-9,14-16H2. The zero-order chi connectivity index (χ0) is 19.1. The van der Waals surface area contributed by atoms with Gasteiger partial charge >= 0.3 is 7.12 Å². The fourth-order valence-corrected chi connectivity index (χ4v) is 2.91. The van der Waals surface area contributed by atoms with Crippen LogP contribution in [-0.2, 0) is 27.2 Å². The third kappa shape index (κ3) is 5.48. The van der Waals surface area contributed by atoms with Crippen LogP contribution in [0.5, 0.6) is 0 Å². The van der Waals surface area contributed by atoms with Gasteiger partial charge in [0.15, 0.2) is 0 Å². The Hall–Kier alpha value is -3.02. The van der Waals surface area contributed by atoms with Crippen LogP contribution in [0.25, 0.3) is 0 Å². The average molecular weight is 363 g/mol. The minimum Gasteiger partial charge on any atom is -0.523 e. The van der Waals surface area contributed by atoms with Crippen LogP contribution < -0.4 is 0 Å². The summed E-state index contributed by atoms with van der Waals surface area (Å²) in [5.41, 5.74) is 1.97. The predicted octanol–water partition coefficient (Wildman–Crippen LogP) is 4.14. The van der Waals surface area contributed by atoms with Gasteiger partial charge in [0, 0.05) is 25.9 Å². The maximum Gasteiger partial charge on any atom is 0.696 e. The molecule has 2 aromatic carbocycles. The Morgan fingerprint density at radius 1 is 0.926 bits per heavy atom. The largest absolute Gasteiger partial charge is 0.696 e. The number of benzene rings is 2. The summed E-state index contributed by atoms with van der Waals surface area (Å²) in [6.45, 7) is 4.59. The zero-order valence-electron chi connectivity index (χ0n) is 15.2. The van der Waals surface area contributed by atoms with Gasteiger partial charge in [0.1, 0.15) is 0 Å². The number of amides is 1. The molecule has 0 aliphatic carbocycles. The minimum atomic E-state index is -1.29. The second-order valence-electron chi connectivity index (χ2n) is 6.50. The van der Waals surface area contributed by atoms with E-state index in [1.807, 2.05) is 60.7 Å². The fourth-order valence-electron chi connectivity index (χ4n) is 2.91. The quantitative estimate of drug-likeness (QED) is 0.750. The summed E-state index contributed by atoms with van der Waals surface area (Å²) in [5.74, 6) is -0.362. The highest BCUT2D eigenvalue weighted by Crippen LogP contribution is 2.18. The van der Waals surface area contributed by atoms with Gasteiger partial charge in [-0.05, 0) is 17.5 Å². The molecule has 0 unspecified atom stereocenters. The fraction of sp³-hybridized carbons (Fsp3) is 0.238. The molecule has 0 saturated carbocycles. The van der Waals surface area contributed by atoms with Gasteiger partial charge in [-0.2, -0.15) is 0 Å². The highest BCUT2D eigenvalue weighted by molar-refractivity contribution is 6.81. The first kappa shape index (κ1) is 18.8. The Morgan fingerprint density at radius 2 is 1.48 bits per heavy atom. The van der Waals surface area contributed by atoms with Crippen LogP contribution in [0.2, 0.25) is 0 Å². The van der Waals surface area contributed by atoms with E-state index in [1.54, 1.807) is 4.90 Å². The van der Waals surface area contributed by atoms with Crippen LogP contribution in [0.1, 0.15) is 30.4 Å². The van der Waals surface area contributed by atoms with Crippen molar-refractivity contribution in [1.29, 1.82) is 0 Å². The van der Waals surface area contributed by atoms with Crippen molar-refractivity contribution in [3.63, 3.8) is 0 Å². The molecule has 0 bridgehead atoms. The summed E-state index contributed by atoms with van der Waals surface area (Å²) in [6, 6.07) is 19.4. The Kier molecular flexibility index (Phi) is 6.31. The molecular formula is C21H22BNO4. The van der Waals surface area contributed by atoms with E-state index in [2.05, 4.69) is 6.58 Å². The molecule has 0 radical (unpaired) electrons. The third-order valence-electron chi connectivity index (χ3n) is 4.29. The normalized spacial score (nSPS) is 14.6. The van der Waals surface area contributed by atoms with Crippen molar-refractivity contribution in [1.82, 2.24) is 4.90 Å². The van der Waals surface area contributed by atoms with Crippen molar-refractivity contribution in [2.24, 2.45) is 0 Å². The first-order chi connectivity index (χ1) is 13.1. The van der Waals surface area contributed by atoms with Crippen LogP contribution in [0.4, 0.5) is 4.79 Å². The summed E-state index contributed by atoms with van der Waals surface area (Å²) in [5, 5.41) is 0. The topological polar surface area (TPSA) is 55.8 Å². The molecule has 0 aromatic heterocycles. The Morgan fingerprint density at radius 3 is 2.04 bits per heavy atom. The van der Waals surface area contributed by atoms with E-state index >= 15 is 0 Å². The smallest absolute Gasteiger partial charge is 0.523 e. The van der Waals surface area contributed by atoms with Crippen LogP contribution in [0.3, 0.4) is 0 Å². The van der Waals surface area contributed by atoms with Gasteiger partial charge in [0.05, 0.1) is 5.76 Å². The maximum atomic E-state index is 13.1. The second-order valence-corrected chi connectivity index (χ2v) is 6.50. The molecule has 0 spiro atoms. The molecule has 3 rings (SSSR count). The molecule has 6 heteroatoms. The molecule has 1 amide bonds. The molecule has 1 aliphatic rings. The Labute approximate surface area is 159 Å². The second kappa shape index (κ2) is 9.08. The molecule has 1 fully saturated rings. The van der Waals surface area contributed by atoms with Crippen LogP contribution in [-0.4, -0.2) is 23.8 Å². The highest BCUT2D eigenvalue weighted by atomic mass is 16.6. The molecule has 0 N–H and O–H groups in total. The first-order valence-electron chi connectivity index (χ1n) is 9.02. The number of nitrogens with zero attached hydrogens (tertiary/aromatic N) is 1. The molecule has 5 nitrogen and oxygen atoms in total. The van der Waals surface area contributed by atoms with E-state index in [1.165, 1.54) is 0 Å². The average Bonchev–Trinajstić information content (AvgIpc) is 2.67. The molecular weight excluding hydrogens is 341 g/mol. The van der Waals surface area contributed by atoms with Crippen molar-refractivity contribution in [3.8, 4) is 0 Å².